The first-order valence-electron chi connectivity index (χ1n) is 3.45. The normalized spacial score (nSPS) is 11.4. The van der Waals surface area contributed by atoms with E-state index in [0.29, 0.717) is 0 Å². The van der Waals surface area contributed by atoms with E-state index in [1.165, 1.54) is 18.2 Å². The molecule has 0 N–H and O–H groups in total. The third kappa shape index (κ3) is 2.08. The van der Waals surface area contributed by atoms with Gasteiger partial charge in [-0.25, -0.2) is 0 Å². The van der Waals surface area contributed by atoms with Crippen molar-refractivity contribution in [2.24, 2.45) is 0 Å². The highest BCUT2D eigenvalue weighted by molar-refractivity contribution is 6.01. The van der Waals surface area contributed by atoms with Crippen LogP contribution in [0.25, 0.3) is 0 Å². The Bertz CT molecular complexity index is 328. The van der Waals surface area contributed by atoms with Crippen molar-refractivity contribution in [3.05, 3.63) is 42.3 Å². The summed E-state index contributed by atoms with van der Waals surface area (Å²) in [5.41, 5.74) is -0.306. The van der Waals surface area contributed by atoms with Gasteiger partial charge in [0.25, 0.3) is 5.78 Å². The first-order chi connectivity index (χ1) is 5.93. The van der Waals surface area contributed by atoms with Crippen LogP contribution in [0.15, 0.2) is 24.3 Å². The van der Waals surface area contributed by atoms with Crippen molar-refractivity contribution in [2.45, 2.75) is 6.18 Å². The van der Waals surface area contributed by atoms with Crippen LogP contribution >= 0.6 is 0 Å². The largest absolute Gasteiger partial charge is 0.454 e. The Morgan fingerprint density at radius 1 is 1.23 bits per heavy atom. The Morgan fingerprint density at radius 3 is 2.23 bits per heavy atom. The number of carbonyl (C=O) groups excluding carboxylic acids is 1. The monoisotopic (exact) mass is 187 g/mol. The fraction of sp³-hybridized carbons (Fsp3) is 0.111. The van der Waals surface area contributed by atoms with E-state index in [9.17, 15) is 18.0 Å². The molecule has 1 rings (SSSR count). The second-order valence-electron chi connectivity index (χ2n) is 2.48. The molecule has 0 unspecified atom stereocenters. The number of rotatable bonds is 1. The van der Waals surface area contributed by atoms with Crippen molar-refractivity contribution in [1.29, 1.82) is 0 Å². The molecular weight excluding hydrogens is 181 g/mol. The lowest BCUT2D eigenvalue weighted by Crippen LogP contribution is -2.23. The van der Waals surface area contributed by atoms with Crippen LogP contribution in [0, 0.1) is 6.92 Å². The molecule has 0 aliphatic rings. The van der Waals surface area contributed by atoms with Gasteiger partial charge in [0.2, 0.25) is 0 Å². The van der Waals surface area contributed by atoms with Crippen LogP contribution in [0.2, 0.25) is 0 Å². The zero-order chi connectivity index (χ0) is 10.1. The Balaban J connectivity index is 3.10. The molecule has 1 aromatic rings. The molecule has 0 amide bonds. The lowest BCUT2D eigenvalue weighted by Gasteiger charge is -2.06. The van der Waals surface area contributed by atoms with Gasteiger partial charge in [-0.3, -0.25) is 4.79 Å². The summed E-state index contributed by atoms with van der Waals surface area (Å²) in [6, 6.07) is 5.36. The summed E-state index contributed by atoms with van der Waals surface area (Å²) >= 11 is 0. The number of benzene rings is 1. The van der Waals surface area contributed by atoms with Gasteiger partial charge in [0, 0.05) is 5.56 Å². The minimum atomic E-state index is -4.83. The predicted octanol–water partition coefficient (Wildman–Crippen LogP) is 2.61. The third-order valence-electron chi connectivity index (χ3n) is 1.52. The smallest absolute Gasteiger partial charge is 0.284 e. The zero-order valence-electron chi connectivity index (χ0n) is 6.56. The van der Waals surface area contributed by atoms with E-state index in [0.717, 1.165) is 6.07 Å². The molecule has 0 aliphatic heterocycles. The van der Waals surface area contributed by atoms with Crippen molar-refractivity contribution in [3.63, 3.8) is 0 Å². The van der Waals surface area contributed by atoms with E-state index in [2.05, 4.69) is 6.92 Å². The lowest BCUT2D eigenvalue weighted by molar-refractivity contribution is -0.0885. The maximum absolute atomic E-state index is 11.9. The first kappa shape index (κ1) is 9.77. The maximum atomic E-state index is 11.9. The van der Waals surface area contributed by atoms with Gasteiger partial charge in [-0.15, -0.1) is 0 Å². The molecule has 1 radical (unpaired) electrons. The molecule has 0 saturated carbocycles. The molecule has 0 aromatic heterocycles. The standard InChI is InChI=1S/C9H6F3O/c1-6-4-2-3-5-7(6)8(13)9(10,11)12/h2-5H,1H2. The van der Waals surface area contributed by atoms with Crippen LogP contribution in [0.5, 0.6) is 0 Å². The van der Waals surface area contributed by atoms with Crippen LogP contribution in [0.3, 0.4) is 0 Å². The highest BCUT2D eigenvalue weighted by Gasteiger charge is 2.39. The molecule has 0 spiro atoms. The fourth-order valence-electron chi connectivity index (χ4n) is 0.895. The van der Waals surface area contributed by atoms with E-state index in [1.807, 2.05) is 0 Å². The number of hydrogen-bond acceptors (Lipinski definition) is 1. The Labute approximate surface area is 73.2 Å². The third-order valence-corrected chi connectivity index (χ3v) is 1.52. The quantitative estimate of drug-likeness (QED) is 0.617. The number of Topliss-reactive ketones (excluding diaryl/α,β-unsaturated/α-hetero) is 1. The molecule has 0 atom stereocenters. The number of ketones is 1. The van der Waals surface area contributed by atoms with E-state index >= 15 is 0 Å². The lowest BCUT2D eigenvalue weighted by atomic mass is 10.1. The highest BCUT2D eigenvalue weighted by atomic mass is 19.4. The van der Waals surface area contributed by atoms with Crippen molar-refractivity contribution >= 4 is 5.78 Å². The van der Waals surface area contributed by atoms with E-state index in [4.69, 9.17) is 0 Å². The molecule has 0 aliphatic carbocycles. The number of carbonyl (C=O) groups is 1. The minimum Gasteiger partial charge on any atom is -0.284 e. The summed E-state index contributed by atoms with van der Waals surface area (Å²) in [6.45, 7) is 3.33. The molecular formula is C9H6F3O. The molecule has 0 heterocycles. The maximum Gasteiger partial charge on any atom is 0.454 e. The van der Waals surface area contributed by atoms with Gasteiger partial charge in [-0.2, -0.15) is 13.2 Å². The van der Waals surface area contributed by atoms with Gasteiger partial charge in [-0.1, -0.05) is 24.3 Å². The van der Waals surface area contributed by atoms with Crippen molar-refractivity contribution < 1.29 is 18.0 Å². The SMILES string of the molecule is [CH2]c1ccccc1C(=O)C(F)(F)F. The fourth-order valence-corrected chi connectivity index (χ4v) is 0.895. The van der Waals surface area contributed by atoms with Gasteiger partial charge < -0.3 is 0 Å². The van der Waals surface area contributed by atoms with Gasteiger partial charge in [-0.05, 0) is 12.5 Å². The van der Waals surface area contributed by atoms with Crippen LogP contribution in [-0.2, 0) is 0 Å². The summed E-state index contributed by atoms with van der Waals surface area (Å²) in [4.78, 5) is 10.7. The molecule has 1 aromatic carbocycles. The molecule has 69 valence electrons. The van der Waals surface area contributed by atoms with Crippen LogP contribution in [0.1, 0.15) is 15.9 Å². The van der Waals surface area contributed by atoms with Crippen LogP contribution < -0.4 is 0 Å². The average molecular weight is 187 g/mol. The van der Waals surface area contributed by atoms with E-state index < -0.39 is 17.5 Å². The molecule has 0 bridgehead atoms. The average Bonchev–Trinajstić information content (AvgIpc) is 2.02. The van der Waals surface area contributed by atoms with Gasteiger partial charge in [0.15, 0.2) is 0 Å². The van der Waals surface area contributed by atoms with Gasteiger partial charge in [0.05, 0.1) is 0 Å². The van der Waals surface area contributed by atoms with Crippen LogP contribution in [-0.4, -0.2) is 12.0 Å². The van der Waals surface area contributed by atoms with Crippen LogP contribution in [0.4, 0.5) is 13.2 Å². The van der Waals surface area contributed by atoms with Gasteiger partial charge >= 0.3 is 6.18 Å². The summed E-state index contributed by atoms with van der Waals surface area (Å²) in [7, 11) is 0. The first-order valence-corrected chi connectivity index (χ1v) is 3.45. The molecule has 0 fully saturated rings. The van der Waals surface area contributed by atoms with Crippen molar-refractivity contribution in [2.75, 3.05) is 0 Å². The Morgan fingerprint density at radius 2 is 1.77 bits per heavy atom. The molecule has 1 nitrogen and oxygen atoms in total. The Hall–Kier alpha value is -1.32. The predicted molar refractivity (Wildman–Crippen MR) is 41.3 cm³/mol. The number of halogens is 3. The number of hydrogen-bond donors (Lipinski definition) is 0. The summed E-state index contributed by atoms with van der Waals surface area (Å²) in [5.74, 6) is -1.85. The summed E-state index contributed by atoms with van der Waals surface area (Å²) in [6.07, 6.45) is -4.83. The van der Waals surface area contributed by atoms with Crippen molar-refractivity contribution in [3.8, 4) is 0 Å². The zero-order valence-corrected chi connectivity index (χ0v) is 6.56. The van der Waals surface area contributed by atoms with E-state index in [1.54, 1.807) is 0 Å². The molecule has 0 saturated heterocycles. The Kier molecular flexibility index (Phi) is 2.40. The highest BCUT2D eigenvalue weighted by Crippen LogP contribution is 2.22. The minimum absolute atomic E-state index is 0.0878. The second kappa shape index (κ2) is 3.20. The molecule has 4 heteroatoms. The van der Waals surface area contributed by atoms with E-state index in [-0.39, 0.29) is 5.56 Å². The van der Waals surface area contributed by atoms with Crippen molar-refractivity contribution in [1.82, 2.24) is 0 Å². The second-order valence-corrected chi connectivity index (χ2v) is 2.48. The number of alkyl halides is 3. The van der Waals surface area contributed by atoms with Gasteiger partial charge in [0.1, 0.15) is 0 Å². The topological polar surface area (TPSA) is 17.1 Å². The summed E-state index contributed by atoms with van der Waals surface area (Å²) in [5, 5.41) is 0. The molecule has 13 heavy (non-hydrogen) atoms. The summed E-state index contributed by atoms with van der Waals surface area (Å²) < 4.78 is 35.8.